The lowest BCUT2D eigenvalue weighted by Crippen LogP contribution is -2.64. The number of aliphatic hydroxyl groups is 7. The number of aliphatic hydroxyl groups excluding tert-OH is 7. The first-order valence-corrected chi connectivity index (χ1v) is 25.5. The molecule has 0 bridgehead atoms. The van der Waals surface area contributed by atoms with Gasteiger partial charge in [0.15, 0.2) is 6.10 Å². The van der Waals surface area contributed by atoms with E-state index in [0.29, 0.717) is 12.8 Å². The number of hydrogen-bond donors (Lipinski definition) is 8. The molecule has 16 heteroatoms. The molecule has 3 unspecified atom stereocenters. The molecular formula is C49H83O15P. The normalized spacial score (nSPS) is 23.0. The molecule has 1 fully saturated rings. The van der Waals surface area contributed by atoms with Gasteiger partial charge < -0.3 is 50.1 Å². The number of esters is 2. The van der Waals surface area contributed by atoms with E-state index in [1.807, 2.05) is 24.3 Å². The summed E-state index contributed by atoms with van der Waals surface area (Å²) in [7, 11) is -5.18. The van der Waals surface area contributed by atoms with Gasteiger partial charge in [0.25, 0.3) is 0 Å². The Morgan fingerprint density at radius 2 is 1.03 bits per heavy atom. The van der Waals surface area contributed by atoms with Crippen LogP contribution in [0.25, 0.3) is 0 Å². The molecule has 8 N–H and O–H groups in total. The highest BCUT2D eigenvalue weighted by Crippen LogP contribution is 2.47. The molecule has 374 valence electrons. The van der Waals surface area contributed by atoms with Crippen LogP contribution < -0.4 is 0 Å². The number of phosphoric acid groups is 1. The Balaban J connectivity index is 2.56. The highest BCUT2D eigenvalue weighted by molar-refractivity contribution is 7.47. The predicted molar refractivity (Wildman–Crippen MR) is 251 cm³/mol. The maximum absolute atomic E-state index is 12.8. The largest absolute Gasteiger partial charge is 0.472 e. The summed E-state index contributed by atoms with van der Waals surface area (Å²) in [6, 6.07) is 0. The highest BCUT2D eigenvalue weighted by atomic mass is 31.2. The number of allylic oxidation sites excluding steroid dienone is 10. The predicted octanol–water partition coefficient (Wildman–Crippen LogP) is 7.44. The van der Waals surface area contributed by atoms with Crippen molar-refractivity contribution in [3.8, 4) is 0 Å². The van der Waals surface area contributed by atoms with Crippen LogP contribution >= 0.6 is 7.82 Å². The van der Waals surface area contributed by atoms with Crippen LogP contribution in [0.5, 0.6) is 0 Å². The molecule has 0 aliphatic heterocycles. The SMILES string of the molecule is CCCCC/C=C\C/C=C\CCCCCCCCCC(=O)O[C@H](COC(=O)CCC[C@@H](O)/C=C/C=C\C/C=C\C=C\[C@@H](O)CCCCC)COP(=O)(O)OC1[C@H](O)[C@H](O)C(O)[C@H](O)[C@H]1O. The molecule has 15 nitrogen and oxygen atoms in total. The second kappa shape index (κ2) is 38.2. The lowest BCUT2D eigenvalue weighted by Gasteiger charge is -2.41. The highest BCUT2D eigenvalue weighted by Gasteiger charge is 2.51. The Kier molecular flexibility index (Phi) is 35.4. The number of hydrogen-bond acceptors (Lipinski definition) is 14. The molecule has 0 heterocycles. The van der Waals surface area contributed by atoms with Crippen LogP contribution in [0.3, 0.4) is 0 Å². The minimum Gasteiger partial charge on any atom is -0.462 e. The summed E-state index contributed by atoms with van der Waals surface area (Å²) in [5, 5.41) is 70.4. The molecule has 1 aliphatic rings. The Bertz CT molecular complexity index is 1450. The lowest BCUT2D eigenvalue weighted by molar-refractivity contribution is -0.220. The number of unbranched alkanes of at least 4 members (excludes halogenated alkanes) is 12. The van der Waals surface area contributed by atoms with Crippen LogP contribution in [-0.2, 0) is 32.7 Å². The van der Waals surface area contributed by atoms with Gasteiger partial charge in [0.1, 0.15) is 43.2 Å². The minimum absolute atomic E-state index is 0.0348. The van der Waals surface area contributed by atoms with Crippen molar-refractivity contribution in [1.29, 1.82) is 0 Å². The van der Waals surface area contributed by atoms with E-state index in [9.17, 15) is 54.8 Å². The monoisotopic (exact) mass is 943 g/mol. The minimum atomic E-state index is -5.18. The fourth-order valence-electron chi connectivity index (χ4n) is 6.77. The first kappa shape index (κ1) is 60.2. The smallest absolute Gasteiger partial charge is 0.462 e. The van der Waals surface area contributed by atoms with E-state index < -0.39 is 87.9 Å². The third-order valence-corrected chi connectivity index (χ3v) is 11.7. The molecule has 10 atom stereocenters. The Morgan fingerprint density at radius 3 is 1.62 bits per heavy atom. The Hall–Kier alpha value is -2.79. The van der Waals surface area contributed by atoms with Crippen molar-refractivity contribution in [2.75, 3.05) is 13.2 Å². The zero-order valence-electron chi connectivity index (χ0n) is 39.0. The van der Waals surface area contributed by atoms with Crippen molar-refractivity contribution < 1.29 is 73.3 Å². The maximum atomic E-state index is 12.8. The molecule has 0 aromatic heterocycles. The van der Waals surface area contributed by atoms with Crippen LogP contribution in [0, 0.1) is 0 Å². The lowest BCUT2D eigenvalue weighted by atomic mass is 9.85. The third-order valence-electron chi connectivity index (χ3n) is 10.7. The maximum Gasteiger partial charge on any atom is 0.472 e. The van der Waals surface area contributed by atoms with Gasteiger partial charge in [0.05, 0.1) is 18.8 Å². The summed E-state index contributed by atoms with van der Waals surface area (Å²) >= 11 is 0. The van der Waals surface area contributed by atoms with Gasteiger partial charge in [-0.1, -0.05) is 151 Å². The number of carbonyl (C=O) groups is 2. The van der Waals surface area contributed by atoms with Crippen LogP contribution in [0.15, 0.2) is 72.9 Å². The molecule has 0 aromatic rings. The van der Waals surface area contributed by atoms with E-state index in [4.69, 9.17) is 18.5 Å². The van der Waals surface area contributed by atoms with E-state index in [1.165, 1.54) is 19.3 Å². The summed E-state index contributed by atoms with van der Waals surface area (Å²) < 4.78 is 33.4. The van der Waals surface area contributed by atoms with E-state index in [1.54, 1.807) is 24.3 Å². The molecule has 1 aliphatic carbocycles. The number of ether oxygens (including phenoxy) is 2. The molecule has 1 rings (SSSR count). The van der Waals surface area contributed by atoms with E-state index in [-0.39, 0.29) is 25.7 Å². The fourth-order valence-corrected chi connectivity index (χ4v) is 7.74. The van der Waals surface area contributed by atoms with Crippen LogP contribution in [0.2, 0.25) is 0 Å². The molecule has 1 saturated carbocycles. The van der Waals surface area contributed by atoms with Gasteiger partial charge in [-0.15, -0.1) is 0 Å². The molecule has 0 aromatic carbocycles. The topological polar surface area (TPSA) is 250 Å². The van der Waals surface area contributed by atoms with E-state index in [2.05, 4.69) is 38.2 Å². The second-order valence-electron chi connectivity index (χ2n) is 16.7. The van der Waals surface area contributed by atoms with E-state index in [0.717, 1.165) is 83.5 Å². The zero-order chi connectivity index (χ0) is 48.1. The summed E-state index contributed by atoms with van der Waals surface area (Å²) in [5.74, 6) is -1.34. The van der Waals surface area contributed by atoms with Crippen LogP contribution in [-0.4, -0.2) is 121 Å². The molecule has 0 radical (unpaired) electrons. The zero-order valence-corrected chi connectivity index (χ0v) is 39.9. The van der Waals surface area contributed by atoms with E-state index >= 15 is 0 Å². The van der Waals surface area contributed by atoms with Crippen molar-refractivity contribution in [3.05, 3.63) is 72.9 Å². The standard InChI is InChI=1S/C49H83O15P/c1-3-5-7-8-9-10-11-12-13-14-15-16-17-18-22-25-29-35-43(53)63-41(38-62-65(59,60)64-49-47(57)45(55)44(54)46(56)48(49)58)37-61-42(52)36-30-34-40(51)33-28-24-21-19-20-23-27-32-39(50)31-26-6-4-2/h9-10,12-13,20-21,23-24,27-28,32-33,39-41,44-51,54-58H,3-8,11,14-19,22,25-26,29-31,34-38H2,1-2H3,(H,59,60)/b10-9-,13-12-,23-20-,24-21-,32-27+,33-28+/t39-,40-,41+,44?,45-,46+,47+,48+,49?/m0/s1. The average molecular weight is 943 g/mol. The first-order valence-electron chi connectivity index (χ1n) is 24.0. The van der Waals surface area contributed by atoms with Gasteiger partial charge in [-0.3, -0.25) is 18.6 Å². The van der Waals surface area contributed by atoms with Crippen molar-refractivity contribution >= 4 is 19.8 Å². The molecule has 65 heavy (non-hydrogen) atoms. The number of rotatable bonds is 38. The number of phosphoric ester groups is 1. The molecule has 0 amide bonds. The Labute approximate surface area is 388 Å². The van der Waals surface area contributed by atoms with Gasteiger partial charge in [-0.2, -0.15) is 0 Å². The summed E-state index contributed by atoms with van der Waals surface area (Å²) in [4.78, 5) is 35.8. The fraction of sp³-hybridized carbons (Fsp3) is 0.714. The quantitative estimate of drug-likeness (QED) is 0.00985. The van der Waals surface area contributed by atoms with Crippen molar-refractivity contribution in [2.24, 2.45) is 0 Å². The van der Waals surface area contributed by atoms with Gasteiger partial charge in [0.2, 0.25) is 0 Å². The molecule has 0 spiro atoms. The first-order chi connectivity index (χ1) is 31.2. The van der Waals surface area contributed by atoms with Crippen molar-refractivity contribution in [3.63, 3.8) is 0 Å². The van der Waals surface area contributed by atoms with Crippen LogP contribution in [0.4, 0.5) is 0 Å². The summed E-state index contributed by atoms with van der Waals surface area (Å²) in [5.41, 5.74) is 0. The van der Waals surface area contributed by atoms with Gasteiger partial charge in [0, 0.05) is 12.8 Å². The number of carbonyl (C=O) groups excluding carboxylic acids is 2. The molecular weight excluding hydrogens is 859 g/mol. The van der Waals surface area contributed by atoms with Gasteiger partial charge in [-0.05, 0) is 64.2 Å². The van der Waals surface area contributed by atoms with Crippen LogP contribution in [0.1, 0.15) is 155 Å². The van der Waals surface area contributed by atoms with Gasteiger partial charge >= 0.3 is 19.8 Å². The average Bonchev–Trinajstić information content (AvgIpc) is 3.28. The Morgan fingerprint density at radius 1 is 0.554 bits per heavy atom. The van der Waals surface area contributed by atoms with Crippen molar-refractivity contribution in [2.45, 2.75) is 210 Å². The third kappa shape index (κ3) is 31.0. The van der Waals surface area contributed by atoms with Gasteiger partial charge in [-0.25, -0.2) is 4.57 Å². The summed E-state index contributed by atoms with van der Waals surface area (Å²) in [6.07, 6.45) is 27.2. The summed E-state index contributed by atoms with van der Waals surface area (Å²) in [6.45, 7) is 2.97. The molecule has 0 saturated heterocycles. The van der Waals surface area contributed by atoms with Crippen molar-refractivity contribution in [1.82, 2.24) is 0 Å². The second-order valence-corrected chi connectivity index (χ2v) is 18.1.